The van der Waals surface area contributed by atoms with E-state index in [1.807, 2.05) is 14.0 Å². The molecule has 2 aromatic carbocycles. The number of aryl methyl sites for hydroxylation is 1. The van der Waals surface area contributed by atoms with Crippen LogP contribution in [0.3, 0.4) is 0 Å². The van der Waals surface area contributed by atoms with Crippen LogP contribution in [0.25, 0.3) is 11.1 Å². The van der Waals surface area contributed by atoms with Crippen molar-refractivity contribution in [3.8, 4) is 11.1 Å². The van der Waals surface area contributed by atoms with Crippen molar-refractivity contribution in [3.05, 3.63) is 80.3 Å². The molecular formula is C39H57N5O3. The minimum atomic E-state index is -0.156. The first-order chi connectivity index (χ1) is 22.6. The first kappa shape index (κ1) is 35.1. The second-order valence-electron chi connectivity index (χ2n) is 14.3. The van der Waals surface area contributed by atoms with E-state index < -0.39 is 0 Å². The molecule has 8 heteroatoms. The maximum atomic E-state index is 13.9. The normalized spacial score (nSPS) is 19.6. The Morgan fingerprint density at radius 2 is 1.72 bits per heavy atom. The summed E-state index contributed by atoms with van der Waals surface area (Å²) in [5.74, 6) is 1.05. The molecule has 256 valence electrons. The van der Waals surface area contributed by atoms with Gasteiger partial charge < -0.3 is 15.0 Å². The Morgan fingerprint density at radius 1 is 1.02 bits per heavy atom. The number of amides is 1. The second-order valence-corrected chi connectivity index (χ2v) is 14.3. The van der Waals surface area contributed by atoms with Gasteiger partial charge in [0.25, 0.3) is 11.5 Å². The number of hydrogen-bond donors (Lipinski definition) is 2. The lowest BCUT2D eigenvalue weighted by atomic mass is 9.78. The Bertz CT molecular complexity index is 1530. The monoisotopic (exact) mass is 643 g/mol. The largest absolute Gasteiger partial charge is 0.379 e. The molecule has 1 aliphatic carbocycles. The van der Waals surface area contributed by atoms with Crippen molar-refractivity contribution in [1.29, 1.82) is 0 Å². The van der Waals surface area contributed by atoms with Crippen molar-refractivity contribution >= 4 is 5.91 Å². The van der Waals surface area contributed by atoms with Gasteiger partial charge in [0.05, 0.1) is 25.3 Å². The molecule has 0 spiro atoms. The third-order valence-electron chi connectivity index (χ3n) is 10.9. The summed E-state index contributed by atoms with van der Waals surface area (Å²) >= 11 is 0. The highest BCUT2D eigenvalue weighted by Gasteiger charge is 2.25. The molecule has 2 heterocycles. The molecule has 8 nitrogen and oxygen atoms in total. The summed E-state index contributed by atoms with van der Waals surface area (Å²) in [4.78, 5) is 31.2. The van der Waals surface area contributed by atoms with Crippen LogP contribution in [0.4, 0.5) is 0 Å². The number of morpholine rings is 1. The number of nitrogens with one attached hydrogen (secondary N) is 2. The summed E-state index contributed by atoms with van der Waals surface area (Å²) in [6.45, 7) is 10.9. The van der Waals surface area contributed by atoms with Gasteiger partial charge in [-0.3, -0.25) is 24.3 Å². The van der Waals surface area contributed by atoms with Crippen LogP contribution in [0.5, 0.6) is 0 Å². The van der Waals surface area contributed by atoms with E-state index in [1.165, 1.54) is 43.2 Å². The smallest absolute Gasteiger partial charge is 0.269 e. The average Bonchev–Trinajstić information content (AvgIpc) is 3.32. The lowest BCUT2D eigenvalue weighted by molar-refractivity contribution is 0.0342. The Morgan fingerprint density at radius 3 is 2.34 bits per heavy atom. The summed E-state index contributed by atoms with van der Waals surface area (Å²) in [6.07, 6.45) is 9.80. The predicted molar refractivity (Wildman–Crippen MR) is 191 cm³/mol. The average molecular weight is 644 g/mol. The van der Waals surface area contributed by atoms with Crippen LogP contribution < -0.4 is 10.9 Å². The molecule has 1 amide bonds. The molecule has 47 heavy (non-hydrogen) atoms. The quantitative estimate of drug-likeness (QED) is 0.221. The fraction of sp³-hybridized carbons (Fsp3) is 0.590. The molecule has 1 atom stereocenters. The van der Waals surface area contributed by atoms with E-state index >= 15 is 0 Å². The zero-order chi connectivity index (χ0) is 33.5. The Kier molecular flexibility index (Phi) is 12.2. The topological polar surface area (TPSA) is 82.6 Å². The molecule has 2 fully saturated rings. The SMILES string of the molecule is CCCC(CCC1CCC(N(C)C)CC1)c1cc(-c2ccc(CN3CCOCC3)cc2)cc(C(=O)NCc2c(C)n(C)[nH]c2=O)c1C. The summed E-state index contributed by atoms with van der Waals surface area (Å²) in [5.41, 5.74) is 7.82. The van der Waals surface area contributed by atoms with Crippen molar-refractivity contribution in [1.82, 2.24) is 24.9 Å². The minimum Gasteiger partial charge on any atom is -0.379 e. The van der Waals surface area contributed by atoms with Crippen molar-refractivity contribution in [3.63, 3.8) is 0 Å². The van der Waals surface area contributed by atoms with E-state index in [9.17, 15) is 9.59 Å². The third-order valence-corrected chi connectivity index (χ3v) is 10.9. The first-order valence-electron chi connectivity index (χ1n) is 17.9. The van der Waals surface area contributed by atoms with Crippen LogP contribution in [0.2, 0.25) is 0 Å². The van der Waals surface area contributed by atoms with Crippen LogP contribution in [-0.4, -0.2) is 71.9 Å². The van der Waals surface area contributed by atoms with E-state index in [4.69, 9.17) is 4.74 Å². The number of rotatable bonds is 13. The second kappa shape index (κ2) is 16.3. The van der Waals surface area contributed by atoms with Crippen LogP contribution in [0.15, 0.2) is 41.2 Å². The van der Waals surface area contributed by atoms with Crippen LogP contribution >= 0.6 is 0 Å². The zero-order valence-electron chi connectivity index (χ0n) is 29.7. The summed E-state index contributed by atoms with van der Waals surface area (Å²) in [7, 11) is 6.24. The van der Waals surface area contributed by atoms with Gasteiger partial charge in [-0.15, -0.1) is 0 Å². The number of ether oxygens (including phenoxy) is 1. The molecule has 1 unspecified atom stereocenters. The van der Waals surface area contributed by atoms with Crippen molar-refractivity contribution in [2.24, 2.45) is 13.0 Å². The Labute approximate surface area is 281 Å². The van der Waals surface area contributed by atoms with Gasteiger partial charge in [0, 0.05) is 44.0 Å². The minimum absolute atomic E-state index is 0.130. The number of aromatic nitrogens is 2. The molecule has 2 N–H and O–H groups in total. The van der Waals surface area contributed by atoms with E-state index in [0.717, 1.165) is 80.4 Å². The number of carbonyl (C=O) groups excluding carboxylic acids is 1. The van der Waals surface area contributed by atoms with E-state index in [2.05, 4.69) is 84.6 Å². The maximum Gasteiger partial charge on any atom is 0.269 e. The molecule has 3 aromatic rings. The van der Waals surface area contributed by atoms with Gasteiger partial charge in [-0.1, -0.05) is 43.7 Å². The van der Waals surface area contributed by atoms with Gasteiger partial charge in [-0.2, -0.15) is 0 Å². The molecule has 5 rings (SSSR count). The number of aromatic amines is 1. The summed E-state index contributed by atoms with van der Waals surface area (Å²) in [6, 6.07) is 14.0. The predicted octanol–water partition coefficient (Wildman–Crippen LogP) is 6.54. The lowest BCUT2D eigenvalue weighted by Gasteiger charge is -2.33. The summed E-state index contributed by atoms with van der Waals surface area (Å²) < 4.78 is 7.23. The van der Waals surface area contributed by atoms with E-state index in [1.54, 1.807) is 4.68 Å². The molecule has 2 aliphatic rings. The molecule has 0 bridgehead atoms. The van der Waals surface area contributed by atoms with E-state index in [0.29, 0.717) is 23.1 Å². The van der Waals surface area contributed by atoms with Crippen molar-refractivity contribution < 1.29 is 9.53 Å². The van der Waals surface area contributed by atoms with Gasteiger partial charge in [0.1, 0.15) is 0 Å². The molecule has 1 aliphatic heterocycles. The molecule has 0 radical (unpaired) electrons. The number of benzene rings is 2. The van der Waals surface area contributed by atoms with Crippen molar-refractivity contribution in [2.75, 3.05) is 40.4 Å². The first-order valence-corrected chi connectivity index (χ1v) is 17.9. The van der Waals surface area contributed by atoms with Gasteiger partial charge in [-0.25, -0.2) is 0 Å². The lowest BCUT2D eigenvalue weighted by Crippen LogP contribution is -2.35. The Balaban J connectivity index is 1.41. The Hall–Kier alpha value is -3.20. The van der Waals surface area contributed by atoms with Crippen LogP contribution in [0, 0.1) is 19.8 Å². The highest BCUT2D eigenvalue weighted by molar-refractivity contribution is 5.97. The fourth-order valence-electron chi connectivity index (χ4n) is 7.72. The third kappa shape index (κ3) is 8.84. The van der Waals surface area contributed by atoms with E-state index in [-0.39, 0.29) is 18.0 Å². The highest BCUT2D eigenvalue weighted by Crippen LogP contribution is 2.38. The molecular weight excluding hydrogens is 586 g/mol. The van der Waals surface area contributed by atoms with Gasteiger partial charge in [0.2, 0.25) is 0 Å². The molecule has 1 saturated carbocycles. The zero-order valence-corrected chi connectivity index (χ0v) is 29.7. The van der Waals surface area contributed by atoms with Gasteiger partial charge >= 0.3 is 0 Å². The van der Waals surface area contributed by atoms with Crippen LogP contribution in [-0.2, 0) is 24.9 Å². The van der Waals surface area contributed by atoms with Gasteiger partial charge in [-0.05, 0) is 119 Å². The number of hydrogen-bond acceptors (Lipinski definition) is 5. The van der Waals surface area contributed by atoms with Crippen molar-refractivity contribution in [2.45, 2.75) is 97.2 Å². The fourth-order valence-corrected chi connectivity index (χ4v) is 7.72. The van der Waals surface area contributed by atoms with Gasteiger partial charge in [0.15, 0.2) is 0 Å². The number of H-pyrrole nitrogens is 1. The molecule has 1 saturated heterocycles. The molecule has 1 aromatic heterocycles. The number of carbonyl (C=O) groups is 1. The highest BCUT2D eigenvalue weighted by atomic mass is 16.5. The maximum absolute atomic E-state index is 13.9. The summed E-state index contributed by atoms with van der Waals surface area (Å²) in [5, 5.41) is 5.88. The number of nitrogens with zero attached hydrogens (tertiary/aromatic N) is 3. The van der Waals surface area contributed by atoms with Crippen LogP contribution in [0.1, 0.15) is 103 Å². The standard InChI is InChI=1S/C39H57N5O3/c1-7-8-32(16-9-29-12-17-34(18-13-29)42(4)5)35-23-33(31-14-10-30(11-15-31)26-44-19-21-47-22-20-44)24-36(27(35)2)38(45)40-25-37-28(3)43(6)41-39(37)46/h10-11,14-15,23-24,29,32,34H,7-9,12-13,16-22,25-26H2,1-6H3,(H,40,45)(H,41,46).